The molecule has 12 heavy (non-hydrogen) atoms. The quantitative estimate of drug-likeness (QED) is 0.468. The van der Waals surface area contributed by atoms with E-state index in [1.165, 1.54) is 5.56 Å². The van der Waals surface area contributed by atoms with Crippen LogP contribution in [0, 0.1) is 16.5 Å². The summed E-state index contributed by atoms with van der Waals surface area (Å²) in [6.45, 7) is 0. The molecule has 0 spiro atoms. The number of nitro groups is 1. The molecule has 1 aliphatic carbocycles. The maximum atomic E-state index is 10.4. The molecule has 1 aromatic rings. The van der Waals surface area contributed by atoms with Gasteiger partial charge < -0.3 is 0 Å². The fourth-order valence-electron chi connectivity index (χ4n) is 1.50. The molecule has 61 valence electrons. The monoisotopic (exact) mass is 162 g/mol. The van der Waals surface area contributed by atoms with Crippen molar-refractivity contribution in [3.63, 3.8) is 0 Å². The van der Waals surface area contributed by atoms with Crippen LogP contribution in [-0.4, -0.2) is 4.92 Å². The average molecular weight is 162 g/mol. The third-order valence-electron chi connectivity index (χ3n) is 2.12. The Balaban J connectivity index is 2.45. The molecule has 0 amide bonds. The predicted octanol–water partition coefficient (Wildman–Crippen LogP) is 2.09. The SMILES string of the molecule is O=[N+]([O-])c1ccc2c(c1)[CH]CC2. The van der Waals surface area contributed by atoms with Crippen LogP contribution in [0.4, 0.5) is 5.69 Å². The Morgan fingerprint density at radius 2 is 2.25 bits per heavy atom. The second kappa shape index (κ2) is 2.59. The molecule has 0 fully saturated rings. The number of nitro benzene ring substituents is 1. The normalized spacial score (nSPS) is 14.3. The summed E-state index contributed by atoms with van der Waals surface area (Å²) >= 11 is 0. The predicted molar refractivity (Wildman–Crippen MR) is 44.8 cm³/mol. The van der Waals surface area contributed by atoms with Crippen molar-refractivity contribution in [2.75, 3.05) is 0 Å². The molecule has 0 saturated heterocycles. The minimum Gasteiger partial charge on any atom is -0.258 e. The molecule has 0 aromatic heterocycles. The number of aryl methyl sites for hydroxylation is 1. The third-order valence-corrected chi connectivity index (χ3v) is 2.12. The molecule has 3 heteroatoms. The first-order valence-electron chi connectivity index (χ1n) is 3.88. The number of nitrogens with zero attached hydrogens (tertiary/aromatic N) is 1. The zero-order chi connectivity index (χ0) is 8.55. The summed E-state index contributed by atoms with van der Waals surface area (Å²) in [4.78, 5) is 10.0. The molecule has 2 rings (SSSR count). The van der Waals surface area contributed by atoms with Gasteiger partial charge in [0.1, 0.15) is 0 Å². The Kier molecular flexibility index (Phi) is 1.57. The van der Waals surface area contributed by atoms with Gasteiger partial charge in [-0.3, -0.25) is 10.1 Å². The van der Waals surface area contributed by atoms with Crippen LogP contribution in [0.1, 0.15) is 17.5 Å². The molecule has 0 atom stereocenters. The number of hydrogen-bond donors (Lipinski definition) is 0. The number of fused-ring (bicyclic) bond motifs is 1. The summed E-state index contributed by atoms with van der Waals surface area (Å²) in [6, 6.07) is 5.05. The molecule has 1 radical (unpaired) electrons. The maximum absolute atomic E-state index is 10.4. The largest absolute Gasteiger partial charge is 0.269 e. The topological polar surface area (TPSA) is 43.1 Å². The van der Waals surface area contributed by atoms with Crippen LogP contribution in [-0.2, 0) is 6.42 Å². The fourth-order valence-corrected chi connectivity index (χ4v) is 1.50. The highest BCUT2D eigenvalue weighted by Gasteiger charge is 2.14. The van der Waals surface area contributed by atoms with Gasteiger partial charge in [-0.25, -0.2) is 0 Å². The highest BCUT2D eigenvalue weighted by molar-refractivity contribution is 5.46. The molecular formula is C9H8NO2. The van der Waals surface area contributed by atoms with Crippen molar-refractivity contribution >= 4 is 5.69 Å². The summed E-state index contributed by atoms with van der Waals surface area (Å²) in [6.07, 6.45) is 4.08. The fraction of sp³-hybridized carbons (Fsp3) is 0.222. The van der Waals surface area contributed by atoms with Crippen LogP contribution in [0.2, 0.25) is 0 Å². The van der Waals surface area contributed by atoms with E-state index in [2.05, 4.69) is 0 Å². The number of benzene rings is 1. The van der Waals surface area contributed by atoms with Gasteiger partial charge in [-0.1, -0.05) is 6.07 Å². The molecule has 1 aromatic carbocycles. The van der Waals surface area contributed by atoms with E-state index < -0.39 is 0 Å². The van der Waals surface area contributed by atoms with Gasteiger partial charge in [-0.2, -0.15) is 0 Å². The standard InChI is InChI=1S/C9H8NO2/c11-10(12)9-5-4-7-2-1-3-8(7)6-9/h3-6H,1-2H2. The van der Waals surface area contributed by atoms with E-state index >= 15 is 0 Å². The zero-order valence-corrected chi connectivity index (χ0v) is 6.49. The van der Waals surface area contributed by atoms with Crippen molar-refractivity contribution in [3.8, 4) is 0 Å². The summed E-state index contributed by atoms with van der Waals surface area (Å²) in [5.41, 5.74) is 2.44. The van der Waals surface area contributed by atoms with E-state index in [0.717, 1.165) is 18.4 Å². The minimum absolute atomic E-state index is 0.187. The lowest BCUT2D eigenvalue weighted by Gasteiger charge is -1.96. The first-order chi connectivity index (χ1) is 5.77. The van der Waals surface area contributed by atoms with E-state index in [1.54, 1.807) is 12.1 Å². The van der Waals surface area contributed by atoms with Crippen LogP contribution in [0.5, 0.6) is 0 Å². The van der Waals surface area contributed by atoms with Crippen molar-refractivity contribution in [3.05, 3.63) is 45.9 Å². The van der Waals surface area contributed by atoms with E-state index in [0.29, 0.717) is 0 Å². The van der Waals surface area contributed by atoms with Crippen molar-refractivity contribution in [2.24, 2.45) is 0 Å². The van der Waals surface area contributed by atoms with Gasteiger partial charge in [-0.15, -0.1) is 0 Å². The molecule has 1 aliphatic rings. The van der Waals surface area contributed by atoms with Gasteiger partial charge in [0.15, 0.2) is 0 Å². The lowest BCUT2D eigenvalue weighted by atomic mass is 10.1. The van der Waals surface area contributed by atoms with Gasteiger partial charge in [0.25, 0.3) is 5.69 Å². The van der Waals surface area contributed by atoms with E-state index in [1.807, 2.05) is 12.5 Å². The molecular weight excluding hydrogens is 154 g/mol. The van der Waals surface area contributed by atoms with Gasteiger partial charge in [0.2, 0.25) is 0 Å². The zero-order valence-electron chi connectivity index (χ0n) is 6.49. The Morgan fingerprint density at radius 3 is 3.00 bits per heavy atom. The Bertz CT molecular complexity index is 333. The second-order valence-corrected chi connectivity index (χ2v) is 2.88. The Hall–Kier alpha value is -1.38. The van der Waals surface area contributed by atoms with Gasteiger partial charge in [0, 0.05) is 12.1 Å². The highest BCUT2D eigenvalue weighted by Crippen LogP contribution is 2.26. The molecule has 0 heterocycles. The molecule has 0 aliphatic heterocycles. The molecule has 0 saturated carbocycles. The molecule has 0 bridgehead atoms. The third kappa shape index (κ3) is 1.07. The van der Waals surface area contributed by atoms with E-state index in [9.17, 15) is 10.1 Å². The van der Waals surface area contributed by atoms with Crippen LogP contribution < -0.4 is 0 Å². The van der Waals surface area contributed by atoms with Crippen molar-refractivity contribution in [1.82, 2.24) is 0 Å². The Morgan fingerprint density at radius 1 is 1.42 bits per heavy atom. The summed E-state index contributed by atoms with van der Waals surface area (Å²) in [7, 11) is 0. The average Bonchev–Trinajstić information content (AvgIpc) is 2.49. The lowest BCUT2D eigenvalue weighted by Crippen LogP contribution is -1.89. The van der Waals surface area contributed by atoms with Crippen molar-refractivity contribution in [2.45, 2.75) is 12.8 Å². The molecule has 3 nitrogen and oxygen atoms in total. The van der Waals surface area contributed by atoms with Gasteiger partial charge in [0.05, 0.1) is 4.92 Å². The number of non-ortho nitro benzene ring substituents is 1. The van der Waals surface area contributed by atoms with Crippen LogP contribution in [0.25, 0.3) is 0 Å². The summed E-state index contributed by atoms with van der Waals surface area (Å²) < 4.78 is 0. The Labute approximate surface area is 70.2 Å². The van der Waals surface area contributed by atoms with E-state index in [4.69, 9.17) is 0 Å². The number of rotatable bonds is 1. The highest BCUT2D eigenvalue weighted by atomic mass is 16.6. The van der Waals surface area contributed by atoms with Crippen LogP contribution in [0.15, 0.2) is 18.2 Å². The first-order valence-corrected chi connectivity index (χ1v) is 3.88. The first kappa shape index (κ1) is 7.28. The second-order valence-electron chi connectivity index (χ2n) is 2.88. The van der Waals surface area contributed by atoms with Crippen LogP contribution >= 0.6 is 0 Å². The van der Waals surface area contributed by atoms with Crippen molar-refractivity contribution in [1.29, 1.82) is 0 Å². The lowest BCUT2D eigenvalue weighted by molar-refractivity contribution is -0.384. The summed E-state index contributed by atoms with van der Waals surface area (Å²) in [5, 5.41) is 10.4. The van der Waals surface area contributed by atoms with E-state index in [-0.39, 0.29) is 10.6 Å². The molecule has 0 N–H and O–H groups in total. The summed E-state index contributed by atoms with van der Waals surface area (Å²) in [5.74, 6) is 0. The minimum atomic E-state index is -0.355. The van der Waals surface area contributed by atoms with Crippen LogP contribution in [0.3, 0.4) is 0 Å². The maximum Gasteiger partial charge on any atom is 0.269 e. The smallest absolute Gasteiger partial charge is 0.258 e. The number of hydrogen-bond acceptors (Lipinski definition) is 2. The van der Waals surface area contributed by atoms with Crippen molar-refractivity contribution < 1.29 is 4.92 Å². The molecule has 0 unspecified atom stereocenters. The van der Waals surface area contributed by atoms with Gasteiger partial charge in [-0.05, 0) is 30.4 Å². The van der Waals surface area contributed by atoms with Gasteiger partial charge >= 0.3 is 0 Å².